The van der Waals surface area contributed by atoms with E-state index in [9.17, 15) is 9.59 Å². The van der Waals surface area contributed by atoms with Gasteiger partial charge in [-0.05, 0) is 32.4 Å². The van der Waals surface area contributed by atoms with E-state index in [1.54, 1.807) is 0 Å². The van der Waals surface area contributed by atoms with Crippen molar-refractivity contribution in [2.75, 3.05) is 31.2 Å². The van der Waals surface area contributed by atoms with Gasteiger partial charge in [0.15, 0.2) is 0 Å². The molecule has 3 heterocycles. The number of rotatable bonds is 4. The lowest BCUT2D eigenvalue weighted by Crippen LogP contribution is -2.38. The molecule has 2 aromatic rings. The molecule has 1 fully saturated rings. The van der Waals surface area contributed by atoms with E-state index in [0.717, 1.165) is 35.7 Å². The summed E-state index contributed by atoms with van der Waals surface area (Å²) in [4.78, 5) is 38.0. The topological polar surface area (TPSA) is 100 Å². The van der Waals surface area contributed by atoms with Crippen molar-refractivity contribution in [3.05, 3.63) is 50.8 Å². The molecule has 0 saturated carbocycles. The SMILES string of the molecule is Cc1cc(C)c(CNC(=O)c2ncnc(N3CCOCC3)c2C)c(=O)[nH]1. The van der Waals surface area contributed by atoms with E-state index >= 15 is 0 Å². The standard InChI is InChI=1S/C18H23N5O3/c1-11-8-12(2)22-17(24)14(11)9-19-18(25)15-13(3)16(21-10-20-15)23-4-6-26-7-5-23/h8,10H,4-7,9H2,1-3H3,(H,19,25)(H,22,24). The predicted octanol–water partition coefficient (Wildman–Crippen LogP) is 0.857. The predicted molar refractivity (Wildman–Crippen MR) is 97.5 cm³/mol. The molecule has 138 valence electrons. The van der Waals surface area contributed by atoms with E-state index in [0.29, 0.717) is 24.5 Å². The zero-order chi connectivity index (χ0) is 18.7. The molecule has 1 aliphatic heterocycles. The number of aryl methyl sites for hydroxylation is 2. The highest BCUT2D eigenvalue weighted by atomic mass is 16.5. The van der Waals surface area contributed by atoms with Gasteiger partial charge in [-0.15, -0.1) is 0 Å². The van der Waals surface area contributed by atoms with Gasteiger partial charge in [-0.25, -0.2) is 9.97 Å². The maximum absolute atomic E-state index is 12.6. The van der Waals surface area contributed by atoms with Gasteiger partial charge in [-0.2, -0.15) is 0 Å². The van der Waals surface area contributed by atoms with Gasteiger partial charge in [0.2, 0.25) is 0 Å². The van der Waals surface area contributed by atoms with Crippen molar-refractivity contribution in [3.8, 4) is 0 Å². The van der Waals surface area contributed by atoms with Gasteiger partial charge in [0.05, 0.1) is 13.2 Å². The summed E-state index contributed by atoms with van der Waals surface area (Å²) >= 11 is 0. The number of amides is 1. The van der Waals surface area contributed by atoms with Crippen LogP contribution >= 0.6 is 0 Å². The second-order valence-electron chi connectivity index (χ2n) is 6.40. The second kappa shape index (κ2) is 7.65. The maximum atomic E-state index is 12.6. The number of nitrogens with one attached hydrogen (secondary N) is 2. The van der Waals surface area contributed by atoms with Crippen LogP contribution in [0.25, 0.3) is 0 Å². The van der Waals surface area contributed by atoms with Gasteiger partial charge < -0.3 is 19.9 Å². The molecule has 0 aromatic carbocycles. The van der Waals surface area contributed by atoms with Crippen LogP contribution in [0.2, 0.25) is 0 Å². The van der Waals surface area contributed by atoms with Crippen LogP contribution in [0.1, 0.15) is 32.9 Å². The lowest BCUT2D eigenvalue weighted by atomic mass is 10.1. The molecule has 2 aromatic heterocycles. The maximum Gasteiger partial charge on any atom is 0.270 e. The molecule has 0 aliphatic carbocycles. The Morgan fingerprint density at radius 3 is 2.69 bits per heavy atom. The minimum Gasteiger partial charge on any atom is -0.378 e. The number of carbonyl (C=O) groups is 1. The number of pyridine rings is 1. The van der Waals surface area contributed by atoms with Crippen molar-refractivity contribution in [2.24, 2.45) is 0 Å². The first-order valence-corrected chi connectivity index (χ1v) is 8.59. The molecule has 2 N–H and O–H groups in total. The Morgan fingerprint density at radius 1 is 1.27 bits per heavy atom. The molecule has 0 atom stereocenters. The van der Waals surface area contributed by atoms with E-state index in [2.05, 4.69) is 25.2 Å². The highest BCUT2D eigenvalue weighted by molar-refractivity contribution is 5.94. The first-order valence-electron chi connectivity index (χ1n) is 8.59. The highest BCUT2D eigenvalue weighted by Crippen LogP contribution is 2.19. The number of anilines is 1. The van der Waals surface area contributed by atoms with Gasteiger partial charge in [0.1, 0.15) is 17.8 Å². The Bertz CT molecular complexity index is 872. The summed E-state index contributed by atoms with van der Waals surface area (Å²) in [5.41, 5.74) is 3.05. The first-order chi connectivity index (χ1) is 12.5. The summed E-state index contributed by atoms with van der Waals surface area (Å²) in [6.45, 7) is 8.42. The van der Waals surface area contributed by atoms with Crippen LogP contribution in [-0.4, -0.2) is 47.2 Å². The Kier molecular flexibility index (Phi) is 5.32. The zero-order valence-electron chi connectivity index (χ0n) is 15.3. The van der Waals surface area contributed by atoms with Crippen LogP contribution in [0.15, 0.2) is 17.2 Å². The first kappa shape index (κ1) is 18.1. The Balaban J connectivity index is 1.77. The number of H-pyrrole nitrogens is 1. The summed E-state index contributed by atoms with van der Waals surface area (Å²) in [6, 6.07) is 1.88. The summed E-state index contributed by atoms with van der Waals surface area (Å²) in [7, 11) is 0. The number of morpholine rings is 1. The van der Waals surface area contributed by atoms with E-state index in [1.165, 1.54) is 6.33 Å². The monoisotopic (exact) mass is 357 g/mol. The van der Waals surface area contributed by atoms with Crippen molar-refractivity contribution < 1.29 is 9.53 Å². The molecule has 1 aliphatic rings. The molecule has 8 heteroatoms. The third-order valence-corrected chi connectivity index (χ3v) is 4.50. The van der Waals surface area contributed by atoms with Crippen LogP contribution in [-0.2, 0) is 11.3 Å². The van der Waals surface area contributed by atoms with E-state index in [1.807, 2.05) is 26.8 Å². The minimum absolute atomic E-state index is 0.149. The fourth-order valence-corrected chi connectivity index (χ4v) is 3.12. The average molecular weight is 357 g/mol. The number of aromatic nitrogens is 3. The average Bonchev–Trinajstić information content (AvgIpc) is 2.61. The van der Waals surface area contributed by atoms with Gasteiger partial charge in [-0.1, -0.05) is 0 Å². The number of ether oxygens (including phenoxy) is 1. The third-order valence-electron chi connectivity index (χ3n) is 4.50. The van der Waals surface area contributed by atoms with Crippen LogP contribution < -0.4 is 15.8 Å². The summed E-state index contributed by atoms with van der Waals surface area (Å²) in [5.74, 6) is 0.427. The third kappa shape index (κ3) is 3.75. The van der Waals surface area contributed by atoms with Gasteiger partial charge in [0.25, 0.3) is 11.5 Å². The van der Waals surface area contributed by atoms with E-state index < -0.39 is 0 Å². The number of nitrogens with zero attached hydrogens (tertiary/aromatic N) is 3. The van der Waals surface area contributed by atoms with Crippen molar-refractivity contribution in [1.29, 1.82) is 0 Å². The van der Waals surface area contributed by atoms with Crippen molar-refractivity contribution in [3.63, 3.8) is 0 Å². The Labute approximate surface area is 151 Å². The quantitative estimate of drug-likeness (QED) is 0.842. The van der Waals surface area contributed by atoms with Crippen molar-refractivity contribution in [1.82, 2.24) is 20.3 Å². The van der Waals surface area contributed by atoms with Crippen LogP contribution in [0.4, 0.5) is 5.82 Å². The molecule has 3 rings (SSSR count). The lowest BCUT2D eigenvalue weighted by molar-refractivity contribution is 0.0945. The molecule has 8 nitrogen and oxygen atoms in total. The largest absolute Gasteiger partial charge is 0.378 e. The number of hydrogen-bond donors (Lipinski definition) is 2. The van der Waals surface area contributed by atoms with E-state index in [4.69, 9.17) is 4.74 Å². The second-order valence-corrected chi connectivity index (χ2v) is 6.40. The normalized spacial score (nSPS) is 14.3. The van der Waals surface area contributed by atoms with Gasteiger partial charge >= 0.3 is 0 Å². The van der Waals surface area contributed by atoms with E-state index in [-0.39, 0.29) is 18.0 Å². The number of hydrogen-bond acceptors (Lipinski definition) is 6. The van der Waals surface area contributed by atoms with Crippen LogP contribution in [0, 0.1) is 20.8 Å². The van der Waals surface area contributed by atoms with Gasteiger partial charge in [-0.3, -0.25) is 9.59 Å². The van der Waals surface area contributed by atoms with Crippen molar-refractivity contribution >= 4 is 11.7 Å². The van der Waals surface area contributed by atoms with Crippen LogP contribution in [0.5, 0.6) is 0 Å². The molecule has 0 bridgehead atoms. The molecule has 0 spiro atoms. The molecular weight excluding hydrogens is 334 g/mol. The fraction of sp³-hybridized carbons (Fsp3) is 0.444. The molecular formula is C18H23N5O3. The number of aromatic amines is 1. The minimum atomic E-state index is -0.321. The smallest absolute Gasteiger partial charge is 0.270 e. The molecule has 1 saturated heterocycles. The fourth-order valence-electron chi connectivity index (χ4n) is 3.12. The molecule has 26 heavy (non-hydrogen) atoms. The Morgan fingerprint density at radius 2 is 2.00 bits per heavy atom. The summed E-state index contributed by atoms with van der Waals surface area (Å²) < 4.78 is 5.36. The van der Waals surface area contributed by atoms with Crippen LogP contribution in [0.3, 0.4) is 0 Å². The van der Waals surface area contributed by atoms with Crippen molar-refractivity contribution in [2.45, 2.75) is 27.3 Å². The number of carbonyl (C=O) groups excluding carboxylic acids is 1. The zero-order valence-corrected chi connectivity index (χ0v) is 15.3. The van der Waals surface area contributed by atoms with Gasteiger partial charge in [0, 0.05) is 36.5 Å². The summed E-state index contributed by atoms with van der Waals surface area (Å²) in [5, 5.41) is 2.79. The lowest BCUT2D eigenvalue weighted by Gasteiger charge is -2.29. The summed E-state index contributed by atoms with van der Waals surface area (Å²) in [6.07, 6.45) is 1.40. The Hall–Kier alpha value is -2.74. The molecule has 0 unspecified atom stereocenters. The molecule has 1 amide bonds. The molecule has 0 radical (unpaired) electrons. The highest BCUT2D eigenvalue weighted by Gasteiger charge is 2.20.